The molecule has 188 valence electrons. The van der Waals surface area contributed by atoms with Gasteiger partial charge in [-0.25, -0.2) is 14.4 Å². The van der Waals surface area contributed by atoms with Gasteiger partial charge >= 0.3 is 17.9 Å². The van der Waals surface area contributed by atoms with Gasteiger partial charge in [-0.3, -0.25) is 0 Å². The summed E-state index contributed by atoms with van der Waals surface area (Å²) >= 11 is 0. The van der Waals surface area contributed by atoms with E-state index in [2.05, 4.69) is 19.9 Å². The number of allylic oxidation sites excluding steroid dienone is 3. The van der Waals surface area contributed by atoms with E-state index < -0.39 is 40.4 Å². The minimum absolute atomic E-state index is 0.125. The molecule has 3 fully saturated rings. The zero-order valence-electron chi connectivity index (χ0n) is 20.4. The summed E-state index contributed by atoms with van der Waals surface area (Å²) in [6, 6.07) is 0. The second kappa shape index (κ2) is 8.75. The van der Waals surface area contributed by atoms with E-state index in [0.717, 1.165) is 18.4 Å². The summed E-state index contributed by atoms with van der Waals surface area (Å²) in [6.07, 6.45) is 10.5. The van der Waals surface area contributed by atoms with Crippen LogP contribution in [0.2, 0.25) is 0 Å². The molecule has 8 heteroatoms. The number of hydrogen-bond donors (Lipinski definition) is 0. The average molecular weight is 485 g/mol. The number of ether oxygens (including phenoxy) is 5. The van der Waals surface area contributed by atoms with Crippen molar-refractivity contribution in [3.63, 3.8) is 0 Å². The third kappa shape index (κ3) is 3.87. The standard InChI is InChI=1S/C27H32O8/c1-17-8-10-26-15-32-24(30)13-18(2)9-11-31-22(28)6-4-5-7-23(29)35-19-14-21(34-20(26)12-17)27(16-33-27)25(19,26)3/h4-7,12-13,19-21H,8-11,14-16H2,1-3H3/b6-4+,7-5?,18-13?. The van der Waals surface area contributed by atoms with Crippen LogP contribution < -0.4 is 0 Å². The number of carbonyl (C=O) groups is 3. The molecular formula is C27H32O8. The minimum atomic E-state index is -0.613. The van der Waals surface area contributed by atoms with E-state index in [9.17, 15) is 14.4 Å². The van der Waals surface area contributed by atoms with Crippen molar-refractivity contribution in [2.75, 3.05) is 19.8 Å². The van der Waals surface area contributed by atoms with Crippen LogP contribution in [-0.2, 0) is 38.1 Å². The van der Waals surface area contributed by atoms with Crippen LogP contribution >= 0.6 is 0 Å². The fourth-order valence-electron chi connectivity index (χ4n) is 6.46. The normalized spacial score (nSPS) is 42.5. The highest BCUT2D eigenvalue weighted by molar-refractivity contribution is 5.85. The maximum Gasteiger partial charge on any atom is 0.331 e. The largest absolute Gasteiger partial charge is 0.462 e. The quantitative estimate of drug-likeness (QED) is 0.224. The molecule has 0 amide bonds. The lowest BCUT2D eigenvalue weighted by atomic mass is 9.51. The monoisotopic (exact) mass is 484 g/mol. The number of carbonyl (C=O) groups excluding carboxylic acids is 3. The molecule has 0 radical (unpaired) electrons. The molecule has 6 atom stereocenters. The Morgan fingerprint density at radius 3 is 2.37 bits per heavy atom. The molecule has 0 aromatic carbocycles. The Morgan fingerprint density at radius 2 is 1.63 bits per heavy atom. The molecule has 3 heterocycles. The fraction of sp³-hybridized carbons (Fsp3) is 0.593. The number of cyclic esters (lactones) is 2. The average Bonchev–Trinajstić information content (AvgIpc) is 3.58. The van der Waals surface area contributed by atoms with Gasteiger partial charge in [0.15, 0.2) is 0 Å². The summed E-state index contributed by atoms with van der Waals surface area (Å²) in [5.74, 6) is -1.50. The first-order chi connectivity index (χ1) is 16.7. The maximum atomic E-state index is 12.8. The van der Waals surface area contributed by atoms with Gasteiger partial charge in [0.1, 0.15) is 18.3 Å². The SMILES string of the molecule is CC1=CC(=O)OCC23CCC(C)=CC2OC2CC(OC(=O)C=C/C=C/C(=O)OCC1)C3(C)C21CO1. The maximum absolute atomic E-state index is 12.8. The van der Waals surface area contributed by atoms with Crippen LogP contribution in [0.4, 0.5) is 0 Å². The Labute approximate surface area is 204 Å². The minimum Gasteiger partial charge on any atom is -0.462 e. The van der Waals surface area contributed by atoms with Gasteiger partial charge in [-0.2, -0.15) is 0 Å². The molecule has 6 unspecified atom stereocenters. The van der Waals surface area contributed by atoms with Crippen molar-refractivity contribution in [2.45, 2.75) is 70.4 Å². The van der Waals surface area contributed by atoms with E-state index in [1.54, 1.807) is 6.92 Å². The lowest BCUT2D eigenvalue weighted by Crippen LogP contribution is -2.66. The second-order valence-electron chi connectivity index (χ2n) is 10.5. The van der Waals surface area contributed by atoms with Gasteiger partial charge in [-0.15, -0.1) is 0 Å². The summed E-state index contributed by atoms with van der Waals surface area (Å²) in [5, 5.41) is 0. The van der Waals surface area contributed by atoms with Gasteiger partial charge in [0.2, 0.25) is 0 Å². The molecule has 5 rings (SSSR count). The van der Waals surface area contributed by atoms with Crippen LogP contribution in [0.3, 0.4) is 0 Å². The van der Waals surface area contributed by atoms with Gasteiger partial charge < -0.3 is 23.7 Å². The van der Waals surface area contributed by atoms with E-state index in [1.807, 2.05) is 0 Å². The van der Waals surface area contributed by atoms with E-state index in [4.69, 9.17) is 23.7 Å². The molecule has 0 N–H and O–H groups in total. The third-order valence-electron chi connectivity index (χ3n) is 8.63. The van der Waals surface area contributed by atoms with Crippen LogP contribution in [0, 0.1) is 10.8 Å². The molecule has 3 aliphatic heterocycles. The third-order valence-corrected chi connectivity index (χ3v) is 8.63. The topological polar surface area (TPSA) is 101 Å². The first-order valence-electron chi connectivity index (χ1n) is 12.2. The molecule has 1 saturated carbocycles. The van der Waals surface area contributed by atoms with Crippen molar-refractivity contribution >= 4 is 17.9 Å². The smallest absolute Gasteiger partial charge is 0.331 e. The van der Waals surface area contributed by atoms with Crippen LogP contribution in [0.5, 0.6) is 0 Å². The van der Waals surface area contributed by atoms with E-state index in [1.165, 1.54) is 36.0 Å². The van der Waals surface area contributed by atoms with Gasteiger partial charge in [0, 0.05) is 36.5 Å². The molecule has 5 aliphatic rings. The first kappa shape index (κ1) is 24.0. The van der Waals surface area contributed by atoms with Crippen molar-refractivity contribution in [1.82, 2.24) is 0 Å². The van der Waals surface area contributed by atoms with Crippen molar-refractivity contribution in [3.05, 3.63) is 47.6 Å². The van der Waals surface area contributed by atoms with Gasteiger partial charge in [0.25, 0.3) is 0 Å². The lowest BCUT2D eigenvalue weighted by molar-refractivity contribution is -0.232. The Morgan fingerprint density at radius 1 is 0.886 bits per heavy atom. The summed E-state index contributed by atoms with van der Waals surface area (Å²) < 4.78 is 29.7. The van der Waals surface area contributed by atoms with E-state index in [0.29, 0.717) is 19.4 Å². The van der Waals surface area contributed by atoms with E-state index >= 15 is 0 Å². The van der Waals surface area contributed by atoms with Crippen molar-refractivity contribution in [1.29, 1.82) is 0 Å². The molecule has 2 saturated heterocycles. The zero-order chi connectivity index (χ0) is 24.8. The lowest BCUT2D eigenvalue weighted by Gasteiger charge is -2.58. The van der Waals surface area contributed by atoms with Crippen LogP contribution in [0.1, 0.15) is 46.5 Å². The molecule has 8 nitrogen and oxygen atoms in total. The molecule has 2 aliphatic carbocycles. The highest BCUT2D eigenvalue weighted by Gasteiger charge is 2.83. The van der Waals surface area contributed by atoms with E-state index in [-0.39, 0.29) is 25.4 Å². The Kier molecular flexibility index (Phi) is 6.00. The van der Waals surface area contributed by atoms with Crippen LogP contribution in [0.25, 0.3) is 0 Å². The second-order valence-corrected chi connectivity index (χ2v) is 10.5. The van der Waals surface area contributed by atoms with Crippen molar-refractivity contribution in [2.24, 2.45) is 10.8 Å². The van der Waals surface area contributed by atoms with Crippen molar-refractivity contribution < 1.29 is 38.1 Å². The highest BCUT2D eigenvalue weighted by Crippen LogP contribution is 2.72. The Bertz CT molecular complexity index is 1050. The number of rotatable bonds is 0. The first-order valence-corrected chi connectivity index (χ1v) is 12.2. The van der Waals surface area contributed by atoms with Gasteiger partial charge in [-0.05, 0) is 26.7 Å². The molecule has 0 aromatic heterocycles. The molecule has 2 spiro atoms. The molecular weight excluding hydrogens is 452 g/mol. The van der Waals surface area contributed by atoms with Gasteiger partial charge in [0.05, 0.1) is 30.8 Å². The number of epoxide rings is 1. The fourth-order valence-corrected chi connectivity index (χ4v) is 6.46. The summed E-state index contributed by atoms with van der Waals surface area (Å²) in [7, 11) is 0. The molecule has 0 aromatic rings. The molecule has 35 heavy (non-hydrogen) atoms. The van der Waals surface area contributed by atoms with Gasteiger partial charge in [-0.1, -0.05) is 36.3 Å². The Balaban J connectivity index is 1.53. The summed E-state index contributed by atoms with van der Waals surface area (Å²) in [5.41, 5.74) is 0.194. The predicted octanol–water partition coefficient (Wildman–Crippen LogP) is 3.12. The summed E-state index contributed by atoms with van der Waals surface area (Å²) in [6.45, 7) is 6.77. The zero-order valence-corrected chi connectivity index (χ0v) is 20.4. The highest BCUT2D eigenvalue weighted by atomic mass is 16.6. The summed E-state index contributed by atoms with van der Waals surface area (Å²) in [4.78, 5) is 37.4. The van der Waals surface area contributed by atoms with Crippen molar-refractivity contribution in [3.8, 4) is 0 Å². The molecule has 2 bridgehead atoms. The van der Waals surface area contributed by atoms with Crippen LogP contribution in [0.15, 0.2) is 47.6 Å². The van der Waals surface area contributed by atoms with Crippen LogP contribution in [-0.4, -0.2) is 61.6 Å². The predicted molar refractivity (Wildman–Crippen MR) is 124 cm³/mol. The Hall–Kier alpha value is -2.71. The number of hydrogen-bond acceptors (Lipinski definition) is 8. The number of esters is 3.